The maximum absolute atomic E-state index is 13.6. The highest BCUT2D eigenvalue weighted by Gasteiger charge is 2.33. The van der Waals surface area contributed by atoms with Crippen molar-refractivity contribution < 1.29 is 23.8 Å². The van der Waals surface area contributed by atoms with Crippen LogP contribution in [0.25, 0.3) is 6.08 Å². The lowest BCUT2D eigenvalue weighted by molar-refractivity contribution is -0.139. The van der Waals surface area contributed by atoms with Gasteiger partial charge in [-0.15, -0.1) is 0 Å². The van der Waals surface area contributed by atoms with Gasteiger partial charge >= 0.3 is 5.97 Å². The van der Waals surface area contributed by atoms with Gasteiger partial charge in [0.1, 0.15) is 5.82 Å². The Kier molecular flexibility index (Phi) is 6.15. The van der Waals surface area contributed by atoms with E-state index in [1.807, 2.05) is 0 Å². The quantitative estimate of drug-likeness (QED) is 0.582. The molecular weight excluding hydrogens is 447 g/mol. The molecule has 0 aliphatic carbocycles. The smallest absolute Gasteiger partial charge is 0.338 e. The van der Waals surface area contributed by atoms with Gasteiger partial charge < -0.3 is 14.6 Å². The number of carbonyl (C=O) groups is 1. The van der Waals surface area contributed by atoms with Crippen LogP contribution in [0.5, 0.6) is 11.5 Å². The van der Waals surface area contributed by atoms with Crippen LogP contribution in [-0.2, 0) is 9.53 Å². The van der Waals surface area contributed by atoms with Crippen LogP contribution in [0.1, 0.15) is 31.0 Å². The molecule has 170 valence electrons. The largest absolute Gasteiger partial charge is 0.504 e. The van der Waals surface area contributed by atoms with E-state index >= 15 is 0 Å². The Labute approximate surface area is 192 Å². The first-order valence-corrected chi connectivity index (χ1v) is 11.0. The molecule has 0 spiro atoms. The Hall–Kier alpha value is -3.72. The fraction of sp³-hybridized carbons (Fsp3) is 0.208. The summed E-state index contributed by atoms with van der Waals surface area (Å²) in [6.45, 7) is 3.55. The molecule has 0 radical (unpaired) electrons. The molecule has 0 fully saturated rings. The summed E-state index contributed by atoms with van der Waals surface area (Å²) >= 11 is 1.17. The lowest BCUT2D eigenvalue weighted by Crippen LogP contribution is -2.39. The molecule has 4 rings (SSSR count). The van der Waals surface area contributed by atoms with Crippen LogP contribution < -0.4 is 19.6 Å². The van der Waals surface area contributed by atoms with Crippen LogP contribution in [0, 0.1) is 5.82 Å². The second-order valence-electron chi connectivity index (χ2n) is 7.29. The molecule has 0 bridgehead atoms. The molecule has 1 aliphatic rings. The zero-order chi connectivity index (χ0) is 23.7. The van der Waals surface area contributed by atoms with Crippen LogP contribution >= 0.6 is 11.3 Å². The van der Waals surface area contributed by atoms with Crippen molar-refractivity contribution in [2.75, 3.05) is 13.7 Å². The van der Waals surface area contributed by atoms with E-state index < -0.39 is 17.8 Å². The second-order valence-corrected chi connectivity index (χ2v) is 8.29. The van der Waals surface area contributed by atoms with E-state index in [9.17, 15) is 19.1 Å². The number of carbonyl (C=O) groups excluding carboxylic acids is 1. The van der Waals surface area contributed by atoms with E-state index in [-0.39, 0.29) is 29.2 Å². The molecule has 1 aliphatic heterocycles. The summed E-state index contributed by atoms with van der Waals surface area (Å²) in [5, 5.41) is 9.83. The Morgan fingerprint density at radius 3 is 2.67 bits per heavy atom. The topological polar surface area (TPSA) is 90.1 Å². The zero-order valence-corrected chi connectivity index (χ0v) is 19.0. The Bertz CT molecular complexity index is 1440. The van der Waals surface area contributed by atoms with Gasteiger partial charge in [0.2, 0.25) is 0 Å². The van der Waals surface area contributed by atoms with Crippen molar-refractivity contribution in [2.45, 2.75) is 19.9 Å². The number of nitrogens with zero attached hydrogens (tertiary/aromatic N) is 2. The van der Waals surface area contributed by atoms with E-state index in [4.69, 9.17) is 9.47 Å². The molecule has 1 aromatic heterocycles. The molecule has 0 saturated heterocycles. The average Bonchev–Trinajstić information content (AvgIpc) is 3.09. The minimum atomic E-state index is -0.808. The van der Waals surface area contributed by atoms with Crippen molar-refractivity contribution >= 4 is 23.4 Å². The average molecular weight is 469 g/mol. The number of ether oxygens (including phenoxy) is 2. The van der Waals surface area contributed by atoms with Gasteiger partial charge in [-0.1, -0.05) is 29.5 Å². The lowest BCUT2D eigenvalue weighted by atomic mass is 9.96. The highest BCUT2D eigenvalue weighted by Crippen LogP contribution is 2.31. The number of methoxy groups -OCH3 is 1. The van der Waals surface area contributed by atoms with Gasteiger partial charge in [-0.2, -0.15) is 0 Å². The van der Waals surface area contributed by atoms with Crippen LogP contribution in [0.3, 0.4) is 0 Å². The molecule has 33 heavy (non-hydrogen) atoms. The molecule has 0 unspecified atom stereocenters. The van der Waals surface area contributed by atoms with Crippen molar-refractivity contribution in [3.8, 4) is 11.5 Å². The van der Waals surface area contributed by atoms with E-state index in [1.165, 1.54) is 41.2 Å². The summed E-state index contributed by atoms with van der Waals surface area (Å²) in [5.41, 5.74) is 1.52. The molecular formula is C24H21FN2O5S. The highest BCUT2D eigenvalue weighted by molar-refractivity contribution is 7.07. The SMILES string of the molecule is CCOC(=O)C1=C(C)N=c2sc(=Cc3ccc(O)c(OC)c3)c(=O)n2[C@H]1c1ccc(F)cc1. The van der Waals surface area contributed by atoms with E-state index in [0.717, 1.165) is 0 Å². The first-order chi connectivity index (χ1) is 15.8. The summed E-state index contributed by atoms with van der Waals surface area (Å²) in [5.74, 6) is -0.736. The number of esters is 1. The number of fused-ring (bicyclic) bond motifs is 1. The van der Waals surface area contributed by atoms with Gasteiger partial charge in [0, 0.05) is 0 Å². The van der Waals surface area contributed by atoms with Crippen LogP contribution in [0.2, 0.25) is 0 Å². The number of halogens is 1. The number of aromatic nitrogens is 1. The predicted molar refractivity (Wildman–Crippen MR) is 121 cm³/mol. The van der Waals surface area contributed by atoms with Crippen molar-refractivity contribution in [1.29, 1.82) is 0 Å². The minimum absolute atomic E-state index is 0.0119. The summed E-state index contributed by atoms with van der Waals surface area (Å²) in [4.78, 5) is 31.2. The number of benzene rings is 2. The van der Waals surface area contributed by atoms with Crippen molar-refractivity contribution in [3.05, 3.63) is 90.4 Å². The molecule has 9 heteroatoms. The molecule has 0 amide bonds. The third-order valence-corrected chi connectivity index (χ3v) is 6.19. The van der Waals surface area contributed by atoms with Crippen molar-refractivity contribution in [1.82, 2.24) is 4.57 Å². The standard InChI is InChI=1S/C24H21FN2O5S/c1-4-32-23(30)20-13(2)26-24-27(21(20)15-6-8-16(25)9-7-15)22(29)19(33-24)12-14-5-10-17(28)18(11-14)31-3/h5-12,21,28H,4H2,1-3H3/t21-/m0/s1. The molecule has 0 saturated carbocycles. The summed E-state index contributed by atoms with van der Waals surface area (Å²) < 4.78 is 25.8. The third kappa shape index (κ3) is 4.19. The third-order valence-electron chi connectivity index (χ3n) is 5.20. The van der Waals surface area contributed by atoms with Gasteiger partial charge in [0.25, 0.3) is 5.56 Å². The van der Waals surface area contributed by atoms with E-state index in [2.05, 4.69) is 4.99 Å². The molecule has 2 heterocycles. The van der Waals surface area contributed by atoms with E-state index in [1.54, 1.807) is 44.2 Å². The van der Waals surface area contributed by atoms with Gasteiger partial charge in [-0.3, -0.25) is 9.36 Å². The fourth-order valence-electron chi connectivity index (χ4n) is 3.69. The number of allylic oxidation sites excluding steroid dienone is 1. The molecule has 2 aromatic carbocycles. The maximum atomic E-state index is 13.6. The van der Waals surface area contributed by atoms with Crippen LogP contribution in [0.4, 0.5) is 4.39 Å². The highest BCUT2D eigenvalue weighted by atomic mass is 32.1. The van der Waals surface area contributed by atoms with Gasteiger partial charge in [0.15, 0.2) is 16.3 Å². The maximum Gasteiger partial charge on any atom is 0.338 e. The summed E-state index contributed by atoms with van der Waals surface area (Å²) in [6.07, 6.45) is 1.66. The first kappa shape index (κ1) is 22.5. The molecule has 7 nitrogen and oxygen atoms in total. The zero-order valence-electron chi connectivity index (χ0n) is 18.2. The normalized spacial score (nSPS) is 15.8. The number of aromatic hydroxyl groups is 1. The number of hydrogen-bond acceptors (Lipinski definition) is 7. The summed E-state index contributed by atoms with van der Waals surface area (Å²) in [6, 6.07) is 9.59. The van der Waals surface area contributed by atoms with Crippen molar-refractivity contribution in [2.24, 2.45) is 4.99 Å². The van der Waals surface area contributed by atoms with Gasteiger partial charge in [-0.25, -0.2) is 14.2 Å². The minimum Gasteiger partial charge on any atom is -0.504 e. The van der Waals surface area contributed by atoms with Gasteiger partial charge in [0.05, 0.1) is 35.6 Å². The Balaban J connectivity index is 1.94. The van der Waals surface area contributed by atoms with Crippen molar-refractivity contribution in [3.63, 3.8) is 0 Å². The Morgan fingerprint density at radius 2 is 2.00 bits per heavy atom. The number of phenolic OH excluding ortho intramolecular Hbond substituents is 1. The fourth-order valence-corrected chi connectivity index (χ4v) is 4.73. The number of phenols is 1. The Morgan fingerprint density at radius 1 is 1.27 bits per heavy atom. The monoisotopic (exact) mass is 468 g/mol. The lowest BCUT2D eigenvalue weighted by Gasteiger charge is -2.24. The second kappa shape index (κ2) is 9.03. The number of rotatable bonds is 5. The van der Waals surface area contributed by atoms with E-state index in [0.29, 0.717) is 26.2 Å². The summed E-state index contributed by atoms with van der Waals surface area (Å²) in [7, 11) is 1.44. The molecule has 1 N–H and O–H groups in total. The molecule has 1 atom stereocenters. The number of hydrogen-bond donors (Lipinski definition) is 1. The van der Waals surface area contributed by atoms with Gasteiger partial charge in [-0.05, 0) is 55.3 Å². The van der Waals surface area contributed by atoms with Crippen LogP contribution in [-0.4, -0.2) is 29.4 Å². The predicted octanol–water partition coefficient (Wildman–Crippen LogP) is 2.65. The number of thiazole rings is 1. The first-order valence-electron chi connectivity index (χ1n) is 10.2. The molecule has 3 aromatic rings. The van der Waals surface area contributed by atoms with Crippen LogP contribution in [0.15, 0.2) is 63.5 Å².